The quantitative estimate of drug-likeness (QED) is 0.582. The van der Waals surface area contributed by atoms with Gasteiger partial charge >= 0.3 is 6.03 Å². The van der Waals surface area contributed by atoms with Gasteiger partial charge in [0.1, 0.15) is 0 Å². The molecule has 1 rings (SSSR count). The molecule has 76 valence electrons. The van der Waals surface area contributed by atoms with Gasteiger partial charge in [0.15, 0.2) is 0 Å². The van der Waals surface area contributed by atoms with E-state index in [0.717, 1.165) is 12.8 Å². The van der Waals surface area contributed by atoms with Crippen LogP contribution in [0.1, 0.15) is 12.8 Å². The monoisotopic (exact) mass is 187 g/mol. The van der Waals surface area contributed by atoms with Gasteiger partial charge in [-0.25, -0.2) is 4.79 Å². The lowest BCUT2D eigenvalue weighted by atomic mass is 10.3. The van der Waals surface area contributed by atoms with Crippen LogP contribution in [-0.2, 0) is 4.74 Å². The fraction of sp³-hybridized carbons (Fsp3) is 0.875. The zero-order valence-electron chi connectivity index (χ0n) is 7.74. The van der Waals surface area contributed by atoms with Gasteiger partial charge in [-0.3, -0.25) is 0 Å². The highest BCUT2D eigenvalue weighted by molar-refractivity contribution is 5.72. The van der Waals surface area contributed by atoms with Gasteiger partial charge in [0.2, 0.25) is 0 Å². The summed E-state index contributed by atoms with van der Waals surface area (Å²) >= 11 is 0. The summed E-state index contributed by atoms with van der Waals surface area (Å²) in [5, 5.41) is 0. The van der Waals surface area contributed by atoms with E-state index in [0.29, 0.717) is 26.2 Å². The zero-order chi connectivity index (χ0) is 9.68. The highest BCUT2D eigenvalue weighted by Gasteiger charge is 2.24. The Kier molecular flexibility index (Phi) is 3.98. The number of ether oxygens (including phenoxy) is 1. The van der Waals surface area contributed by atoms with E-state index >= 15 is 0 Å². The van der Waals surface area contributed by atoms with Crippen LogP contribution < -0.4 is 11.5 Å². The normalized spacial score (nSPS) is 22.2. The molecule has 1 heterocycles. The predicted molar refractivity (Wildman–Crippen MR) is 49.2 cm³/mol. The van der Waals surface area contributed by atoms with Gasteiger partial charge in [0, 0.05) is 19.7 Å². The van der Waals surface area contributed by atoms with Gasteiger partial charge in [0.05, 0.1) is 6.10 Å². The number of nitrogens with zero attached hydrogens (tertiary/aromatic N) is 1. The maximum Gasteiger partial charge on any atom is 0.314 e. The molecule has 0 bridgehead atoms. The summed E-state index contributed by atoms with van der Waals surface area (Å²) in [4.78, 5) is 12.4. The average molecular weight is 187 g/mol. The van der Waals surface area contributed by atoms with E-state index in [4.69, 9.17) is 16.2 Å². The molecule has 1 fully saturated rings. The summed E-state index contributed by atoms with van der Waals surface area (Å²) in [5.74, 6) is 0. The second-order valence-corrected chi connectivity index (χ2v) is 3.21. The smallest absolute Gasteiger partial charge is 0.314 e. The molecule has 0 saturated carbocycles. The molecular formula is C8H17N3O2. The molecule has 1 aliphatic heterocycles. The van der Waals surface area contributed by atoms with Crippen LogP contribution in [0.25, 0.3) is 0 Å². The fourth-order valence-electron chi connectivity index (χ4n) is 1.40. The van der Waals surface area contributed by atoms with Gasteiger partial charge in [-0.15, -0.1) is 0 Å². The fourth-order valence-corrected chi connectivity index (χ4v) is 1.40. The van der Waals surface area contributed by atoms with Gasteiger partial charge < -0.3 is 21.1 Å². The zero-order valence-corrected chi connectivity index (χ0v) is 7.74. The average Bonchev–Trinajstić information content (AvgIpc) is 2.53. The standard InChI is InChI=1S/C8H17N3O2/c9-3-1-5-13-7-2-4-11(6-7)8(10)12/h7H,1-6,9H2,(H2,10,12). The molecule has 0 aromatic carbocycles. The molecule has 13 heavy (non-hydrogen) atoms. The topological polar surface area (TPSA) is 81.6 Å². The minimum Gasteiger partial charge on any atom is -0.376 e. The van der Waals surface area contributed by atoms with Crippen LogP contribution in [-0.4, -0.2) is 43.3 Å². The van der Waals surface area contributed by atoms with E-state index in [1.165, 1.54) is 0 Å². The van der Waals surface area contributed by atoms with E-state index in [2.05, 4.69) is 0 Å². The van der Waals surface area contributed by atoms with Crippen LogP contribution >= 0.6 is 0 Å². The van der Waals surface area contributed by atoms with Crippen LogP contribution in [0.2, 0.25) is 0 Å². The molecule has 0 aromatic rings. The van der Waals surface area contributed by atoms with Gasteiger partial charge in [0.25, 0.3) is 0 Å². The van der Waals surface area contributed by atoms with Crippen molar-refractivity contribution in [2.45, 2.75) is 18.9 Å². The van der Waals surface area contributed by atoms with Crippen LogP contribution in [0.5, 0.6) is 0 Å². The summed E-state index contributed by atoms with van der Waals surface area (Å²) in [6.45, 7) is 2.66. The van der Waals surface area contributed by atoms with Crippen molar-refractivity contribution in [2.24, 2.45) is 11.5 Å². The highest BCUT2D eigenvalue weighted by Crippen LogP contribution is 2.11. The summed E-state index contributed by atoms with van der Waals surface area (Å²) in [6, 6.07) is -0.357. The molecule has 0 spiro atoms. The van der Waals surface area contributed by atoms with Crippen LogP contribution in [0.3, 0.4) is 0 Å². The minimum absolute atomic E-state index is 0.152. The summed E-state index contributed by atoms with van der Waals surface area (Å²) in [6.07, 6.45) is 1.90. The van der Waals surface area contributed by atoms with Gasteiger partial charge in [-0.05, 0) is 19.4 Å². The number of urea groups is 1. The molecule has 4 N–H and O–H groups in total. The Morgan fingerprint density at radius 2 is 2.38 bits per heavy atom. The van der Waals surface area contributed by atoms with Crippen molar-refractivity contribution in [3.8, 4) is 0 Å². The molecular weight excluding hydrogens is 170 g/mol. The highest BCUT2D eigenvalue weighted by atomic mass is 16.5. The minimum atomic E-state index is -0.357. The van der Waals surface area contributed by atoms with E-state index in [9.17, 15) is 4.79 Å². The Hall–Kier alpha value is -0.810. The van der Waals surface area contributed by atoms with Crippen molar-refractivity contribution in [2.75, 3.05) is 26.2 Å². The third kappa shape index (κ3) is 3.20. The van der Waals surface area contributed by atoms with E-state index in [-0.39, 0.29) is 12.1 Å². The van der Waals surface area contributed by atoms with E-state index in [1.807, 2.05) is 0 Å². The lowest BCUT2D eigenvalue weighted by Crippen LogP contribution is -2.34. The summed E-state index contributed by atoms with van der Waals surface area (Å²) < 4.78 is 5.49. The molecule has 1 saturated heterocycles. The number of amides is 2. The maximum atomic E-state index is 10.7. The molecule has 5 nitrogen and oxygen atoms in total. The van der Waals surface area contributed by atoms with Gasteiger partial charge in [-0.1, -0.05) is 0 Å². The molecule has 0 radical (unpaired) electrons. The Morgan fingerprint density at radius 1 is 1.62 bits per heavy atom. The van der Waals surface area contributed by atoms with Gasteiger partial charge in [-0.2, -0.15) is 0 Å². The van der Waals surface area contributed by atoms with Crippen molar-refractivity contribution < 1.29 is 9.53 Å². The number of likely N-dealkylation sites (tertiary alicyclic amines) is 1. The molecule has 0 aromatic heterocycles. The van der Waals surface area contributed by atoms with E-state index < -0.39 is 0 Å². The predicted octanol–water partition coefficient (Wildman–Crippen LogP) is -0.495. The van der Waals surface area contributed by atoms with Crippen LogP contribution in [0.15, 0.2) is 0 Å². The molecule has 1 atom stereocenters. The first-order valence-corrected chi connectivity index (χ1v) is 4.60. The number of nitrogens with two attached hydrogens (primary N) is 2. The first-order chi connectivity index (χ1) is 6.24. The van der Waals surface area contributed by atoms with Crippen molar-refractivity contribution >= 4 is 6.03 Å². The number of rotatable bonds is 4. The number of carbonyl (C=O) groups is 1. The van der Waals surface area contributed by atoms with Crippen molar-refractivity contribution in [1.82, 2.24) is 4.90 Å². The van der Waals surface area contributed by atoms with Crippen LogP contribution in [0.4, 0.5) is 4.79 Å². The molecule has 2 amide bonds. The molecule has 1 aliphatic rings. The Balaban J connectivity index is 2.14. The number of carbonyl (C=O) groups excluding carboxylic acids is 1. The Labute approximate surface area is 78.0 Å². The first kappa shape index (κ1) is 10.3. The van der Waals surface area contributed by atoms with Crippen LogP contribution in [0, 0.1) is 0 Å². The number of hydrogen-bond acceptors (Lipinski definition) is 3. The SMILES string of the molecule is NCCCOC1CCN(C(N)=O)C1. The number of primary amides is 1. The lowest BCUT2D eigenvalue weighted by molar-refractivity contribution is 0.0609. The third-order valence-corrected chi connectivity index (χ3v) is 2.16. The second-order valence-electron chi connectivity index (χ2n) is 3.21. The molecule has 5 heteroatoms. The largest absolute Gasteiger partial charge is 0.376 e. The molecule has 0 aliphatic carbocycles. The third-order valence-electron chi connectivity index (χ3n) is 2.16. The summed E-state index contributed by atoms with van der Waals surface area (Å²) in [5.41, 5.74) is 10.5. The second kappa shape index (κ2) is 5.04. The first-order valence-electron chi connectivity index (χ1n) is 4.60. The van der Waals surface area contributed by atoms with Crippen molar-refractivity contribution in [3.05, 3.63) is 0 Å². The Bertz CT molecular complexity index is 175. The lowest BCUT2D eigenvalue weighted by Gasteiger charge is -2.13. The molecule has 1 unspecified atom stereocenters. The number of hydrogen-bond donors (Lipinski definition) is 2. The van der Waals surface area contributed by atoms with Crippen molar-refractivity contribution in [3.63, 3.8) is 0 Å². The summed E-state index contributed by atoms with van der Waals surface area (Å²) in [7, 11) is 0. The van der Waals surface area contributed by atoms with Crippen molar-refractivity contribution in [1.29, 1.82) is 0 Å². The Morgan fingerprint density at radius 3 is 2.92 bits per heavy atom. The van der Waals surface area contributed by atoms with E-state index in [1.54, 1.807) is 4.90 Å². The maximum absolute atomic E-state index is 10.7.